The predicted molar refractivity (Wildman–Crippen MR) is 60.0 cm³/mol. The number of nitrogens with zero attached hydrogens (tertiary/aromatic N) is 4. The van der Waals surface area contributed by atoms with Gasteiger partial charge >= 0.3 is 0 Å². The van der Waals surface area contributed by atoms with E-state index in [4.69, 9.17) is 5.73 Å². The van der Waals surface area contributed by atoms with Crippen LogP contribution in [0.25, 0.3) is 5.69 Å². The molecule has 0 saturated carbocycles. The van der Waals surface area contributed by atoms with Gasteiger partial charge in [-0.25, -0.2) is 9.07 Å². The number of carbonyl (C=O) groups excluding carboxylic acids is 1. The summed E-state index contributed by atoms with van der Waals surface area (Å²) in [6, 6.07) is 1.28. The molecule has 2 rings (SSSR count). The van der Waals surface area contributed by atoms with Crippen molar-refractivity contribution >= 4 is 5.91 Å². The van der Waals surface area contributed by atoms with Crippen molar-refractivity contribution in [3.63, 3.8) is 0 Å². The van der Waals surface area contributed by atoms with Crippen molar-refractivity contribution in [1.82, 2.24) is 25.3 Å². The first kappa shape index (κ1) is 12.1. The van der Waals surface area contributed by atoms with Crippen LogP contribution in [0.3, 0.4) is 0 Å². The second kappa shape index (κ2) is 5.32. The molecule has 0 atom stereocenters. The molecule has 2 aromatic heterocycles. The average molecular weight is 250 g/mol. The van der Waals surface area contributed by atoms with Crippen molar-refractivity contribution < 1.29 is 9.18 Å². The number of hydrogen-bond acceptors (Lipinski definition) is 5. The summed E-state index contributed by atoms with van der Waals surface area (Å²) in [5, 5.41) is 10.2. The minimum atomic E-state index is -0.457. The Morgan fingerprint density at radius 1 is 1.50 bits per heavy atom. The summed E-state index contributed by atoms with van der Waals surface area (Å²) >= 11 is 0. The number of nitrogens with two attached hydrogens (primary N) is 1. The summed E-state index contributed by atoms with van der Waals surface area (Å²) in [4.78, 5) is 14.7. The molecule has 0 radical (unpaired) electrons. The number of hydrogen-bond donors (Lipinski definition) is 2. The van der Waals surface area contributed by atoms with Gasteiger partial charge in [0.15, 0.2) is 0 Å². The molecule has 2 aromatic rings. The van der Waals surface area contributed by atoms with Gasteiger partial charge in [0.25, 0.3) is 0 Å². The number of nitrogens with one attached hydrogen (secondary N) is 1. The molecule has 94 valence electrons. The fourth-order valence-electron chi connectivity index (χ4n) is 1.29. The second-order valence-electron chi connectivity index (χ2n) is 3.50. The van der Waals surface area contributed by atoms with Crippen LogP contribution in [0, 0.1) is 5.82 Å². The zero-order valence-corrected chi connectivity index (χ0v) is 9.38. The lowest BCUT2D eigenvalue weighted by molar-refractivity contribution is -0.119. The van der Waals surface area contributed by atoms with Crippen LogP contribution in [0.15, 0.2) is 24.7 Å². The Morgan fingerprint density at radius 2 is 2.33 bits per heavy atom. The Kier molecular flexibility index (Phi) is 3.58. The molecule has 0 aliphatic heterocycles. The third-order valence-electron chi connectivity index (χ3n) is 2.15. The van der Waals surface area contributed by atoms with E-state index < -0.39 is 5.82 Å². The van der Waals surface area contributed by atoms with Gasteiger partial charge in [0.1, 0.15) is 11.5 Å². The van der Waals surface area contributed by atoms with Gasteiger partial charge in [-0.15, -0.1) is 5.10 Å². The van der Waals surface area contributed by atoms with Crippen molar-refractivity contribution in [2.24, 2.45) is 5.73 Å². The molecular formula is C10H11FN6O. The van der Waals surface area contributed by atoms with Crippen LogP contribution in [-0.2, 0) is 11.3 Å². The third kappa shape index (κ3) is 2.86. The van der Waals surface area contributed by atoms with E-state index in [0.717, 1.165) is 6.20 Å². The van der Waals surface area contributed by atoms with E-state index in [1.807, 2.05) is 0 Å². The van der Waals surface area contributed by atoms with E-state index in [2.05, 4.69) is 20.6 Å². The van der Waals surface area contributed by atoms with Gasteiger partial charge in [-0.05, 0) is 0 Å². The lowest BCUT2D eigenvalue weighted by Gasteiger charge is -1.99. The lowest BCUT2D eigenvalue weighted by atomic mass is 10.4. The highest BCUT2D eigenvalue weighted by molar-refractivity contribution is 5.77. The number of pyridine rings is 1. The van der Waals surface area contributed by atoms with Crippen LogP contribution in [0.5, 0.6) is 0 Å². The van der Waals surface area contributed by atoms with Crippen LogP contribution >= 0.6 is 0 Å². The first-order chi connectivity index (χ1) is 8.69. The summed E-state index contributed by atoms with van der Waals surface area (Å²) in [5.74, 6) is -0.738. The molecule has 3 N–H and O–H groups in total. The Labute approximate surface area is 102 Å². The van der Waals surface area contributed by atoms with Gasteiger partial charge in [-0.3, -0.25) is 9.78 Å². The summed E-state index contributed by atoms with van der Waals surface area (Å²) in [7, 11) is 0. The molecule has 18 heavy (non-hydrogen) atoms. The second-order valence-corrected chi connectivity index (χ2v) is 3.50. The van der Waals surface area contributed by atoms with Crippen LogP contribution < -0.4 is 11.1 Å². The van der Waals surface area contributed by atoms with E-state index in [-0.39, 0.29) is 19.0 Å². The summed E-state index contributed by atoms with van der Waals surface area (Å²) < 4.78 is 14.3. The van der Waals surface area contributed by atoms with Crippen LogP contribution in [0.1, 0.15) is 5.69 Å². The average Bonchev–Trinajstić information content (AvgIpc) is 2.84. The van der Waals surface area contributed by atoms with Crippen molar-refractivity contribution in [2.45, 2.75) is 6.54 Å². The molecular weight excluding hydrogens is 239 g/mol. The number of halogens is 1. The smallest absolute Gasteiger partial charge is 0.234 e. The van der Waals surface area contributed by atoms with Gasteiger partial charge in [0.05, 0.1) is 37.4 Å². The van der Waals surface area contributed by atoms with E-state index in [1.165, 1.54) is 16.9 Å². The van der Waals surface area contributed by atoms with E-state index >= 15 is 0 Å². The zero-order chi connectivity index (χ0) is 13.0. The Morgan fingerprint density at radius 3 is 3.06 bits per heavy atom. The van der Waals surface area contributed by atoms with E-state index in [9.17, 15) is 9.18 Å². The number of aromatic nitrogens is 4. The molecule has 0 fully saturated rings. The van der Waals surface area contributed by atoms with Gasteiger partial charge in [0.2, 0.25) is 5.91 Å². The third-order valence-corrected chi connectivity index (χ3v) is 2.15. The lowest BCUT2D eigenvalue weighted by Crippen LogP contribution is -2.29. The van der Waals surface area contributed by atoms with Crippen molar-refractivity contribution in [3.05, 3.63) is 36.2 Å². The molecule has 7 nitrogen and oxygen atoms in total. The molecule has 0 aromatic carbocycles. The number of rotatable bonds is 4. The topological polar surface area (TPSA) is 98.7 Å². The maximum atomic E-state index is 13.0. The number of carbonyl (C=O) groups is 1. The number of amides is 1. The Balaban J connectivity index is 2.08. The Bertz CT molecular complexity index is 555. The van der Waals surface area contributed by atoms with Gasteiger partial charge in [-0.1, -0.05) is 5.21 Å². The normalized spacial score (nSPS) is 10.3. The molecule has 0 bridgehead atoms. The van der Waals surface area contributed by atoms with Crippen molar-refractivity contribution in [2.75, 3.05) is 6.54 Å². The molecule has 0 aliphatic rings. The quantitative estimate of drug-likeness (QED) is 0.753. The van der Waals surface area contributed by atoms with Gasteiger partial charge in [0, 0.05) is 6.07 Å². The zero-order valence-electron chi connectivity index (χ0n) is 9.38. The van der Waals surface area contributed by atoms with Gasteiger partial charge < -0.3 is 11.1 Å². The van der Waals surface area contributed by atoms with Gasteiger partial charge in [-0.2, -0.15) is 0 Å². The summed E-state index contributed by atoms with van der Waals surface area (Å²) in [5.41, 5.74) is 6.15. The fraction of sp³-hybridized carbons (Fsp3) is 0.200. The van der Waals surface area contributed by atoms with Crippen molar-refractivity contribution in [3.8, 4) is 5.69 Å². The van der Waals surface area contributed by atoms with E-state index in [1.54, 1.807) is 6.20 Å². The standard InChI is InChI=1S/C10H11FN6O/c11-7-1-9(5-13-3-7)17-6-8(15-16-17)4-14-10(18)2-12/h1,3,5-6H,2,4,12H2,(H,14,18). The van der Waals surface area contributed by atoms with Crippen LogP contribution in [-0.4, -0.2) is 32.4 Å². The SMILES string of the molecule is NCC(=O)NCc1cn(-c2cncc(F)c2)nn1. The maximum absolute atomic E-state index is 13.0. The minimum Gasteiger partial charge on any atom is -0.349 e. The highest BCUT2D eigenvalue weighted by atomic mass is 19.1. The molecule has 0 saturated heterocycles. The highest BCUT2D eigenvalue weighted by Gasteiger charge is 2.05. The minimum absolute atomic E-state index is 0.0814. The fourth-order valence-corrected chi connectivity index (χ4v) is 1.29. The van der Waals surface area contributed by atoms with E-state index in [0.29, 0.717) is 11.4 Å². The molecule has 0 aliphatic carbocycles. The highest BCUT2D eigenvalue weighted by Crippen LogP contribution is 2.06. The molecule has 1 amide bonds. The summed E-state index contributed by atoms with van der Waals surface area (Å²) in [6.07, 6.45) is 4.13. The molecule has 2 heterocycles. The van der Waals surface area contributed by atoms with Crippen LogP contribution in [0.4, 0.5) is 4.39 Å². The monoisotopic (exact) mass is 250 g/mol. The maximum Gasteiger partial charge on any atom is 0.234 e. The predicted octanol–water partition coefficient (Wildman–Crippen LogP) is -0.624. The Hall–Kier alpha value is -2.35. The van der Waals surface area contributed by atoms with Crippen LogP contribution in [0.2, 0.25) is 0 Å². The molecule has 8 heteroatoms. The first-order valence-electron chi connectivity index (χ1n) is 5.18. The summed E-state index contributed by atoms with van der Waals surface area (Å²) in [6.45, 7) is 0.140. The first-order valence-corrected chi connectivity index (χ1v) is 5.18. The van der Waals surface area contributed by atoms with Crippen molar-refractivity contribution in [1.29, 1.82) is 0 Å². The molecule has 0 unspecified atom stereocenters. The molecule has 0 spiro atoms. The largest absolute Gasteiger partial charge is 0.349 e.